The van der Waals surface area contributed by atoms with Gasteiger partial charge in [0.1, 0.15) is 5.75 Å². The van der Waals surface area contributed by atoms with Crippen LogP contribution in [0.2, 0.25) is 0 Å². The maximum absolute atomic E-state index is 11.6. The summed E-state index contributed by atoms with van der Waals surface area (Å²) in [6.45, 7) is 0.510. The highest BCUT2D eigenvalue weighted by Gasteiger charge is 2.11. The summed E-state index contributed by atoms with van der Waals surface area (Å²) >= 11 is 3.29. The van der Waals surface area contributed by atoms with E-state index < -0.39 is 17.7 Å². The van der Waals surface area contributed by atoms with Crippen LogP contribution in [0.1, 0.15) is 12.0 Å². The molecule has 0 aliphatic rings. The summed E-state index contributed by atoms with van der Waals surface area (Å²) in [4.78, 5) is 33.9. The fourth-order valence-corrected chi connectivity index (χ4v) is 1.99. The van der Waals surface area contributed by atoms with Gasteiger partial charge >= 0.3 is 11.8 Å². The predicted molar refractivity (Wildman–Crippen MR) is 94.1 cm³/mol. The zero-order valence-electron chi connectivity index (χ0n) is 13.6. The molecule has 0 radical (unpaired) electrons. The molecule has 25 heavy (non-hydrogen) atoms. The van der Waals surface area contributed by atoms with E-state index in [0.717, 1.165) is 4.47 Å². The minimum absolute atomic E-state index is 0.293. The second-order valence-corrected chi connectivity index (χ2v) is 5.65. The van der Waals surface area contributed by atoms with Gasteiger partial charge in [-0.2, -0.15) is 5.10 Å². The van der Waals surface area contributed by atoms with Gasteiger partial charge in [0.2, 0.25) is 0 Å². The fraction of sp³-hybridized carbons (Fsp3) is 0.333. The van der Waals surface area contributed by atoms with Crippen molar-refractivity contribution in [2.75, 3.05) is 26.9 Å². The van der Waals surface area contributed by atoms with Crippen molar-refractivity contribution in [1.29, 1.82) is 0 Å². The molecule has 1 rings (SSSR count). The molecular weight excluding hydrogens is 396 g/mol. The first-order valence-electron chi connectivity index (χ1n) is 7.25. The monoisotopic (exact) mass is 414 g/mol. The van der Waals surface area contributed by atoms with Crippen LogP contribution >= 0.6 is 15.9 Å². The Kier molecular flexibility index (Phi) is 9.19. The van der Waals surface area contributed by atoms with E-state index >= 15 is 0 Å². The number of benzene rings is 1. The Morgan fingerprint density at radius 1 is 1.32 bits per heavy atom. The molecule has 0 heterocycles. The van der Waals surface area contributed by atoms with Crippen molar-refractivity contribution in [2.24, 2.45) is 10.8 Å². The number of ether oxygens (including phenoxy) is 2. The molecule has 1 aromatic rings. The highest BCUT2D eigenvalue weighted by atomic mass is 79.9. The molecule has 136 valence electrons. The van der Waals surface area contributed by atoms with Crippen molar-refractivity contribution in [1.82, 2.24) is 10.7 Å². The molecule has 0 aliphatic carbocycles. The predicted octanol–water partition coefficient (Wildman–Crippen LogP) is -0.0840. The summed E-state index contributed by atoms with van der Waals surface area (Å²) in [6.07, 6.45) is 1.88. The Bertz CT molecular complexity index is 651. The quantitative estimate of drug-likeness (QED) is 0.225. The second-order valence-electron chi connectivity index (χ2n) is 4.74. The smallest absolute Gasteiger partial charge is 0.329 e. The number of methoxy groups -OCH3 is 1. The Morgan fingerprint density at radius 3 is 2.76 bits per heavy atom. The third kappa shape index (κ3) is 8.27. The minimum atomic E-state index is -0.900. The van der Waals surface area contributed by atoms with E-state index in [1.807, 2.05) is 0 Å². The van der Waals surface area contributed by atoms with Gasteiger partial charge in [-0.15, -0.1) is 0 Å². The van der Waals surface area contributed by atoms with Crippen LogP contribution in [0.25, 0.3) is 0 Å². The summed E-state index contributed by atoms with van der Waals surface area (Å²) in [7, 11) is 1.55. The average molecular weight is 415 g/mol. The van der Waals surface area contributed by atoms with Gasteiger partial charge in [0.05, 0.1) is 6.21 Å². The molecule has 3 amide bonds. The first kappa shape index (κ1) is 20.6. The minimum Gasteiger partial charge on any atom is -0.483 e. The van der Waals surface area contributed by atoms with E-state index in [-0.39, 0.29) is 6.61 Å². The van der Waals surface area contributed by atoms with Crippen LogP contribution in [0.3, 0.4) is 0 Å². The lowest BCUT2D eigenvalue weighted by Crippen LogP contribution is -2.38. The number of carbonyl (C=O) groups is 3. The number of hydrazone groups is 1. The van der Waals surface area contributed by atoms with Gasteiger partial charge in [-0.3, -0.25) is 14.4 Å². The Balaban J connectivity index is 2.59. The molecule has 0 atom stereocenters. The van der Waals surface area contributed by atoms with Crippen molar-refractivity contribution in [3.05, 3.63) is 28.2 Å². The van der Waals surface area contributed by atoms with Gasteiger partial charge in [0, 0.05) is 30.3 Å². The Labute approximate surface area is 153 Å². The van der Waals surface area contributed by atoms with Crippen LogP contribution in [-0.4, -0.2) is 50.8 Å². The van der Waals surface area contributed by atoms with Gasteiger partial charge in [-0.05, 0) is 24.6 Å². The molecular formula is C15H19BrN4O5. The van der Waals surface area contributed by atoms with E-state index in [9.17, 15) is 14.4 Å². The van der Waals surface area contributed by atoms with E-state index in [4.69, 9.17) is 15.2 Å². The molecule has 0 fully saturated rings. The third-order valence-corrected chi connectivity index (χ3v) is 3.22. The summed E-state index contributed by atoms with van der Waals surface area (Å²) in [5.74, 6) is -1.97. The number of amides is 3. The number of nitrogens with zero attached hydrogens (tertiary/aromatic N) is 1. The molecule has 0 saturated heterocycles. The molecule has 0 spiro atoms. The van der Waals surface area contributed by atoms with E-state index in [1.165, 1.54) is 6.21 Å². The molecule has 0 bridgehead atoms. The lowest BCUT2D eigenvalue weighted by molar-refractivity contribution is -0.139. The number of carbonyl (C=O) groups excluding carboxylic acids is 3. The van der Waals surface area contributed by atoms with Gasteiger partial charge in [0.25, 0.3) is 5.91 Å². The van der Waals surface area contributed by atoms with Crippen LogP contribution in [0.15, 0.2) is 27.8 Å². The maximum atomic E-state index is 11.6. The van der Waals surface area contributed by atoms with Crippen LogP contribution in [0, 0.1) is 0 Å². The van der Waals surface area contributed by atoms with Crippen molar-refractivity contribution < 1.29 is 23.9 Å². The first-order valence-corrected chi connectivity index (χ1v) is 8.04. The molecule has 0 aliphatic heterocycles. The SMILES string of the molecule is COCCCNC(=O)C(=O)N/N=C\c1cc(Br)ccc1OCC(N)=O. The molecule has 9 nitrogen and oxygen atoms in total. The second kappa shape index (κ2) is 11.2. The molecule has 4 N–H and O–H groups in total. The summed E-state index contributed by atoms with van der Waals surface area (Å²) in [5, 5.41) is 6.14. The summed E-state index contributed by atoms with van der Waals surface area (Å²) < 4.78 is 10.8. The van der Waals surface area contributed by atoms with Crippen LogP contribution in [-0.2, 0) is 19.1 Å². The van der Waals surface area contributed by atoms with Gasteiger partial charge < -0.3 is 20.5 Å². The highest BCUT2D eigenvalue weighted by Crippen LogP contribution is 2.21. The Morgan fingerprint density at radius 2 is 2.08 bits per heavy atom. The summed E-state index contributed by atoms with van der Waals surface area (Å²) in [6, 6.07) is 4.98. The zero-order chi connectivity index (χ0) is 18.7. The third-order valence-electron chi connectivity index (χ3n) is 2.73. The van der Waals surface area contributed by atoms with E-state index in [0.29, 0.717) is 30.9 Å². The summed E-state index contributed by atoms with van der Waals surface area (Å²) in [5.41, 5.74) is 7.63. The molecule has 10 heteroatoms. The lowest BCUT2D eigenvalue weighted by Gasteiger charge is -2.07. The number of halogens is 1. The molecule has 0 saturated carbocycles. The molecule has 0 unspecified atom stereocenters. The number of rotatable bonds is 9. The van der Waals surface area contributed by atoms with Crippen molar-refractivity contribution in [3.63, 3.8) is 0 Å². The van der Waals surface area contributed by atoms with Crippen molar-refractivity contribution in [3.8, 4) is 5.75 Å². The van der Waals surface area contributed by atoms with Gasteiger partial charge in [0.15, 0.2) is 6.61 Å². The number of primary amides is 1. The van der Waals surface area contributed by atoms with Crippen LogP contribution in [0.5, 0.6) is 5.75 Å². The number of hydrogen-bond donors (Lipinski definition) is 3. The average Bonchev–Trinajstić information content (AvgIpc) is 2.57. The zero-order valence-corrected chi connectivity index (χ0v) is 15.2. The largest absolute Gasteiger partial charge is 0.483 e. The first-order chi connectivity index (χ1) is 11.9. The highest BCUT2D eigenvalue weighted by molar-refractivity contribution is 9.10. The van der Waals surface area contributed by atoms with Gasteiger partial charge in [-0.25, -0.2) is 5.43 Å². The topological polar surface area (TPSA) is 132 Å². The van der Waals surface area contributed by atoms with Crippen molar-refractivity contribution in [2.45, 2.75) is 6.42 Å². The lowest BCUT2D eigenvalue weighted by atomic mass is 10.2. The fourth-order valence-electron chi connectivity index (χ4n) is 1.61. The van der Waals surface area contributed by atoms with Crippen LogP contribution < -0.4 is 21.2 Å². The molecule has 0 aromatic heterocycles. The standard InChI is InChI=1S/C15H19BrN4O5/c1-24-6-2-5-18-14(22)15(23)20-19-8-10-7-11(16)3-4-12(10)25-9-13(17)21/h3-4,7-8H,2,5-6,9H2,1H3,(H2,17,21)(H,18,22)(H,20,23)/b19-8-. The van der Waals surface area contributed by atoms with Crippen LogP contribution in [0.4, 0.5) is 0 Å². The number of nitrogens with two attached hydrogens (primary N) is 1. The molecule has 1 aromatic carbocycles. The van der Waals surface area contributed by atoms with Gasteiger partial charge in [-0.1, -0.05) is 15.9 Å². The number of hydrogen-bond acceptors (Lipinski definition) is 6. The van der Waals surface area contributed by atoms with Crippen molar-refractivity contribution >= 4 is 39.9 Å². The number of nitrogens with one attached hydrogen (secondary N) is 2. The van der Waals surface area contributed by atoms with E-state index in [2.05, 4.69) is 31.8 Å². The normalized spacial score (nSPS) is 10.5. The Hall–Kier alpha value is -2.46. The van der Waals surface area contributed by atoms with E-state index in [1.54, 1.807) is 25.3 Å². The maximum Gasteiger partial charge on any atom is 0.329 e.